The third kappa shape index (κ3) is 8.27. The van der Waals surface area contributed by atoms with E-state index in [1.807, 2.05) is 0 Å². The molecule has 2 aliphatic rings. The van der Waals surface area contributed by atoms with E-state index in [0.29, 0.717) is 61.8 Å². The first-order chi connectivity index (χ1) is 22.3. The largest absolute Gasteiger partial charge is 0.508 e. The summed E-state index contributed by atoms with van der Waals surface area (Å²) in [5.74, 6) is -1.17. The molecule has 4 unspecified atom stereocenters. The van der Waals surface area contributed by atoms with E-state index in [9.17, 15) is 40.6 Å². The summed E-state index contributed by atoms with van der Waals surface area (Å²) >= 11 is 0. The zero-order valence-corrected chi connectivity index (χ0v) is 25.3. The van der Waals surface area contributed by atoms with Crippen LogP contribution in [0.3, 0.4) is 0 Å². The summed E-state index contributed by atoms with van der Waals surface area (Å²) < 4.78 is 115. The Balaban J connectivity index is 1.54. The molecule has 5 rings (SSSR count). The molecule has 0 saturated heterocycles. The summed E-state index contributed by atoms with van der Waals surface area (Å²) in [4.78, 5) is 12.7. The summed E-state index contributed by atoms with van der Waals surface area (Å²) in [7, 11) is 0. The number of carbonyl (C=O) groups excluding carboxylic acids is 1. The fourth-order valence-corrected chi connectivity index (χ4v) is 7.09. The molecule has 2 aliphatic carbocycles. The minimum atomic E-state index is -5.11. The van der Waals surface area contributed by atoms with Gasteiger partial charge in [0.2, 0.25) is 0 Å². The van der Waals surface area contributed by atoms with E-state index in [1.165, 1.54) is 12.1 Å². The first-order valence-electron chi connectivity index (χ1n) is 15.5. The van der Waals surface area contributed by atoms with Crippen molar-refractivity contribution in [1.82, 2.24) is 0 Å². The van der Waals surface area contributed by atoms with Crippen LogP contribution in [0.1, 0.15) is 78.4 Å². The van der Waals surface area contributed by atoms with E-state index in [2.05, 4.69) is 0 Å². The molecule has 254 valence electrons. The standard InChI is InChI=1S/C35H35F7O5/c36-29-12-9-24(10-13-29)30-7-4-14-33(30,26-11-8-23(15-26)19-43)47-31(21-46-32(44)45-20-22-5-2-1-3-6-22)25-16-27(34(37,38)39)18-28(17-25)35(40,41)42/h1-3,5-6,9-10,12-13,16-18,23,26,30-31,43H,4,7-8,11,14-15,19-21H2/t23?,26?,30?,31-,33?/m1/s1. The fourth-order valence-electron chi connectivity index (χ4n) is 7.09. The van der Waals surface area contributed by atoms with Gasteiger partial charge >= 0.3 is 18.5 Å². The topological polar surface area (TPSA) is 65.0 Å². The highest BCUT2D eigenvalue weighted by Crippen LogP contribution is 2.56. The normalized spacial score (nSPS) is 23.9. The van der Waals surface area contributed by atoms with Crippen molar-refractivity contribution in [3.05, 3.63) is 106 Å². The molecule has 3 aromatic carbocycles. The molecule has 0 heterocycles. The minimum Gasteiger partial charge on any atom is -0.431 e. The second-order valence-electron chi connectivity index (χ2n) is 12.3. The fraction of sp³-hybridized carbons (Fsp3) is 0.457. The lowest BCUT2D eigenvalue weighted by Gasteiger charge is -2.44. The van der Waals surface area contributed by atoms with Gasteiger partial charge in [-0.05, 0) is 97.4 Å². The number of aliphatic hydroxyl groups excluding tert-OH is 1. The SMILES string of the molecule is O=C(OCc1ccccc1)OC[C@@H](OC1(C2CCC(CO)C2)CCCC1c1ccc(F)cc1)c1cc(C(F)(F)F)cc(C(F)(F)F)c1. The molecule has 0 radical (unpaired) electrons. The predicted octanol–water partition coefficient (Wildman–Crippen LogP) is 9.39. The number of ether oxygens (including phenoxy) is 3. The van der Waals surface area contributed by atoms with Gasteiger partial charge < -0.3 is 19.3 Å². The third-order valence-electron chi connectivity index (χ3n) is 9.31. The van der Waals surface area contributed by atoms with Gasteiger partial charge in [0.05, 0.1) is 16.7 Å². The van der Waals surface area contributed by atoms with E-state index in [1.54, 1.807) is 42.5 Å². The van der Waals surface area contributed by atoms with Crippen molar-refractivity contribution in [3.8, 4) is 0 Å². The lowest BCUT2D eigenvalue weighted by Crippen LogP contribution is -2.44. The third-order valence-corrected chi connectivity index (χ3v) is 9.31. The van der Waals surface area contributed by atoms with E-state index >= 15 is 0 Å². The zero-order valence-electron chi connectivity index (χ0n) is 25.3. The molecule has 12 heteroatoms. The maximum Gasteiger partial charge on any atom is 0.508 e. The molecule has 5 atom stereocenters. The molecule has 47 heavy (non-hydrogen) atoms. The monoisotopic (exact) mass is 668 g/mol. The molecular formula is C35H35F7O5. The number of carbonyl (C=O) groups is 1. The summed E-state index contributed by atoms with van der Waals surface area (Å²) in [5, 5.41) is 9.91. The van der Waals surface area contributed by atoms with Gasteiger partial charge in [-0.1, -0.05) is 42.5 Å². The van der Waals surface area contributed by atoms with E-state index in [0.717, 1.165) is 0 Å². The molecule has 0 amide bonds. The Morgan fingerprint density at radius 1 is 0.872 bits per heavy atom. The molecule has 2 saturated carbocycles. The van der Waals surface area contributed by atoms with Gasteiger partial charge in [0.25, 0.3) is 0 Å². The minimum absolute atomic E-state index is 0.0328. The highest BCUT2D eigenvalue weighted by Gasteiger charge is 2.53. The molecule has 5 nitrogen and oxygen atoms in total. The first-order valence-corrected chi connectivity index (χ1v) is 15.5. The van der Waals surface area contributed by atoms with Crippen LogP contribution in [0.25, 0.3) is 0 Å². The van der Waals surface area contributed by atoms with Gasteiger partial charge in [-0.3, -0.25) is 0 Å². The van der Waals surface area contributed by atoms with Crippen LogP contribution in [-0.2, 0) is 33.2 Å². The number of hydrogen-bond acceptors (Lipinski definition) is 5. The van der Waals surface area contributed by atoms with Crippen LogP contribution in [-0.4, -0.2) is 30.1 Å². The summed E-state index contributed by atoms with van der Waals surface area (Å²) in [6, 6.07) is 15.6. The zero-order chi connectivity index (χ0) is 33.8. The Hall–Kier alpha value is -3.64. The highest BCUT2D eigenvalue weighted by molar-refractivity contribution is 5.60. The predicted molar refractivity (Wildman–Crippen MR) is 156 cm³/mol. The molecule has 2 fully saturated rings. The Kier molecular flexibility index (Phi) is 10.5. The maximum absolute atomic E-state index is 13.9. The van der Waals surface area contributed by atoms with Gasteiger partial charge in [-0.15, -0.1) is 0 Å². The summed E-state index contributed by atoms with van der Waals surface area (Å²) in [6.07, 6.45) is -9.63. The quantitative estimate of drug-likeness (QED) is 0.172. The Morgan fingerprint density at radius 3 is 2.13 bits per heavy atom. The van der Waals surface area contributed by atoms with Gasteiger partial charge in [0.15, 0.2) is 0 Å². The molecule has 0 bridgehead atoms. The van der Waals surface area contributed by atoms with Crippen LogP contribution in [0.4, 0.5) is 35.5 Å². The second kappa shape index (κ2) is 14.2. The van der Waals surface area contributed by atoms with Gasteiger partial charge in [-0.25, -0.2) is 9.18 Å². The van der Waals surface area contributed by atoms with Crippen molar-refractivity contribution in [2.45, 2.75) is 75.1 Å². The van der Waals surface area contributed by atoms with Crippen LogP contribution < -0.4 is 0 Å². The number of halogens is 7. The number of benzene rings is 3. The molecule has 0 spiro atoms. The van der Waals surface area contributed by atoms with Crippen molar-refractivity contribution < 1.29 is 54.8 Å². The van der Waals surface area contributed by atoms with Crippen molar-refractivity contribution in [2.24, 2.45) is 11.8 Å². The molecule has 0 aliphatic heterocycles. The number of rotatable bonds is 10. The summed E-state index contributed by atoms with van der Waals surface area (Å²) in [5.41, 5.74) is -3.31. The number of hydrogen-bond donors (Lipinski definition) is 1. The van der Waals surface area contributed by atoms with Crippen LogP contribution in [0, 0.1) is 17.7 Å². The molecule has 3 aromatic rings. The maximum atomic E-state index is 13.9. The van der Waals surface area contributed by atoms with E-state index < -0.39 is 65.2 Å². The Morgan fingerprint density at radius 2 is 1.53 bits per heavy atom. The Labute approximate surface area is 267 Å². The average Bonchev–Trinajstić information content (AvgIpc) is 3.70. The van der Waals surface area contributed by atoms with Crippen LogP contribution >= 0.6 is 0 Å². The molecule has 1 N–H and O–H groups in total. The lowest BCUT2D eigenvalue weighted by atomic mass is 9.74. The average molecular weight is 669 g/mol. The number of aliphatic hydroxyl groups is 1. The van der Waals surface area contributed by atoms with Crippen LogP contribution in [0.2, 0.25) is 0 Å². The van der Waals surface area contributed by atoms with Crippen LogP contribution in [0.5, 0.6) is 0 Å². The lowest BCUT2D eigenvalue weighted by molar-refractivity contribution is -0.154. The van der Waals surface area contributed by atoms with Crippen LogP contribution in [0.15, 0.2) is 72.8 Å². The smallest absolute Gasteiger partial charge is 0.431 e. The van der Waals surface area contributed by atoms with E-state index in [4.69, 9.17) is 14.2 Å². The number of alkyl halides is 6. The second-order valence-corrected chi connectivity index (χ2v) is 12.3. The first kappa shape index (κ1) is 34.7. The van der Waals surface area contributed by atoms with Crippen molar-refractivity contribution >= 4 is 6.16 Å². The summed E-state index contributed by atoms with van der Waals surface area (Å²) in [6.45, 7) is -0.995. The van der Waals surface area contributed by atoms with Gasteiger partial charge in [0.1, 0.15) is 25.1 Å². The van der Waals surface area contributed by atoms with Crippen molar-refractivity contribution in [2.75, 3.05) is 13.2 Å². The van der Waals surface area contributed by atoms with E-state index in [-0.39, 0.29) is 31.1 Å². The molecular weight excluding hydrogens is 633 g/mol. The highest BCUT2D eigenvalue weighted by atomic mass is 19.4. The molecule has 0 aromatic heterocycles. The van der Waals surface area contributed by atoms with Gasteiger partial charge in [-0.2, -0.15) is 26.3 Å². The van der Waals surface area contributed by atoms with Gasteiger partial charge in [0, 0.05) is 12.5 Å². The van der Waals surface area contributed by atoms with Crippen molar-refractivity contribution in [1.29, 1.82) is 0 Å². The van der Waals surface area contributed by atoms with Crippen molar-refractivity contribution in [3.63, 3.8) is 0 Å². The Bertz CT molecular complexity index is 1460.